The average Bonchev–Trinajstić information content (AvgIpc) is 3.54. The van der Waals surface area contributed by atoms with Gasteiger partial charge in [-0.15, -0.1) is 0 Å². The number of hydrogen-bond acceptors (Lipinski definition) is 7. The van der Waals surface area contributed by atoms with Crippen molar-refractivity contribution in [2.75, 3.05) is 18.9 Å². The molecule has 3 aromatic rings. The molecule has 164 valence electrons. The number of carbonyl (C=O) groups is 1. The van der Waals surface area contributed by atoms with Crippen LogP contribution in [0.1, 0.15) is 23.2 Å². The molecule has 2 aromatic carbocycles. The molecule has 10 heteroatoms. The summed E-state index contributed by atoms with van der Waals surface area (Å²) in [5.41, 5.74) is 6.04. The zero-order chi connectivity index (χ0) is 22.6. The van der Waals surface area contributed by atoms with Gasteiger partial charge in [0.2, 0.25) is 0 Å². The highest BCUT2D eigenvalue weighted by Crippen LogP contribution is 2.30. The van der Waals surface area contributed by atoms with Gasteiger partial charge < -0.3 is 20.3 Å². The van der Waals surface area contributed by atoms with E-state index in [4.69, 9.17) is 20.3 Å². The third-order valence-corrected chi connectivity index (χ3v) is 5.87. The fourth-order valence-corrected chi connectivity index (χ4v) is 3.84. The topological polar surface area (TPSA) is 141 Å². The van der Waals surface area contributed by atoms with Gasteiger partial charge in [-0.25, -0.2) is 13.2 Å². The van der Waals surface area contributed by atoms with Crippen LogP contribution in [-0.4, -0.2) is 44.7 Å². The van der Waals surface area contributed by atoms with E-state index in [0.717, 1.165) is 0 Å². The minimum absolute atomic E-state index is 0.0822. The number of aromatic nitrogens is 1. The van der Waals surface area contributed by atoms with E-state index in [0.29, 0.717) is 22.7 Å². The Labute approximate surface area is 179 Å². The van der Waals surface area contributed by atoms with Gasteiger partial charge in [-0.05, 0) is 49.2 Å². The summed E-state index contributed by atoms with van der Waals surface area (Å²) in [5.74, 6) is -0.562. The van der Waals surface area contributed by atoms with Crippen LogP contribution < -0.4 is 19.9 Å². The number of fused-ring (bicyclic) bond motifs is 1. The van der Waals surface area contributed by atoms with Crippen LogP contribution in [0.25, 0.3) is 10.9 Å². The summed E-state index contributed by atoms with van der Waals surface area (Å²) in [7, 11) is -1.20. The van der Waals surface area contributed by atoms with Crippen LogP contribution in [0.2, 0.25) is 0 Å². The minimum Gasteiger partial charge on any atom is -0.497 e. The van der Waals surface area contributed by atoms with Crippen molar-refractivity contribution in [1.82, 2.24) is 4.98 Å². The van der Waals surface area contributed by atoms with Crippen molar-refractivity contribution in [2.45, 2.75) is 23.8 Å². The monoisotopic (exact) mass is 445 g/mol. The Bertz CT molecular complexity index is 1210. The number of hydrogen-bond donors (Lipinski definition) is 3. The molecule has 1 aromatic heterocycles. The van der Waals surface area contributed by atoms with Crippen LogP contribution in [0.15, 0.2) is 53.6 Å². The maximum Gasteiger partial charge on any atom is 0.335 e. The summed E-state index contributed by atoms with van der Waals surface area (Å²) in [6.07, 6.45) is 3.88. The van der Waals surface area contributed by atoms with E-state index >= 15 is 0 Å². The van der Waals surface area contributed by atoms with E-state index in [1.165, 1.54) is 63.6 Å². The van der Waals surface area contributed by atoms with Crippen molar-refractivity contribution in [2.24, 2.45) is 5.73 Å². The van der Waals surface area contributed by atoms with Gasteiger partial charge in [-0.2, -0.15) is 0 Å². The molecule has 0 saturated heterocycles. The largest absolute Gasteiger partial charge is 0.497 e. The van der Waals surface area contributed by atoms with Crippen LogP contribution in [0.5, 0.6) is 11.5 Å². The average molecular weight is 445 g/mol. The summed E-state index contributed by atoms with van der Waals surface area (Å²) < 4.78 is 38.2. The van der Waals surface area contributed by atoms with Crippen molar-refractivity contribution in [3.8, 4) is 11.5 Å². The molecule has 0 atom stereocenters. The maximum absolute atomic E-state index is 12.8. The van der Waals surface area contributed by atoms with Crippen molar-refractivity contribution in [3.63, 3.8) is 0 Å². The number of anilines is 1. The van der Waals surface area contributed by atoms with Crippen LogP contribution in [0, 0.1) is 0 Å². The Morgan fingerprint density at radius 2 is 1.84 bits per heavy atom. The summed E-state index contributed by atoms with van der Waals surface area (Å²) in [5, 5.41) is 9.59. The Kier molecular flexibility index (Phi) is 6.62. The predicted octanol–water partition coefficient (Wildman–Crippen LogP) is 2.86. The Balaban J connectivity index is 0.000000610. The molecule has 0 amide bonds. The van der Waals surface area contributed by atoms with E-state index in [1.807, 2.05) is 0 Å². The molecule has 1 saturated carbocycles. The molecular formula is C21H23N3O6S. The smallest absolute Gasteiger partial charge is 0.335 e. The fraction of sp³-hybridized carbons (Fsp3) is 0.238. The van der Waals surface area contributed by atoms with Gasteiger partial charge in [0.1, 0.15) is 16.4 Å². The molecule has 9 nitrogen and oxygen atoms in total. The second-order valence-electron chi connectivity index (χ2n) is 6.90. The predicted molar refractivity (Wildman–Crippen MR) is 116 cm³/mol. The summed E-state index contributed by atoms with van der Waals surface area (Å²) in [6.45, 7) is 0. The van der Waals surface area contributed by atoms with E-state index in [2.05, 4.69) is 9.71 Å². The number of aromatic carboxylic acids is 1. The van der Waals surface area contributed by atoms with E-state index in [1.54, 1.807) is 12.1 Å². The number of nitrogens with two attached hydrogens (primary N) is 1. The second-order valence-corrected chi connectivity index (χ2v) is 8.55. The standard InChI is InChI=1S/C18H16N2O6S.C3H7N/c1-25-14-4-6-16(26-2)17(9-14)27(23,24)20-13-8-12-7-11(18(21)22)3-5-15(12)19-10-13;4-3-1-2-3/h3-10,20H,1-2H3,(H,21,22);3H,1-2,4H2. The van der Waals surface area contributed by atoms with E-state index < -0.39 is 16.0 Å². The van der Waals surface area contributed by atoms with Gasteiger partial charge in [0.25, 0.3) is 10.0 Å². The molecule has 4 N–H and O–H groups in total. The SMILES string of the molecule is COc1ccc(OC)c(S(=O)(=O)Nc2cnc3ccc(C(=O)O)cc3c2)c1.NC1CC1. The molecule has 0 radical (unpaired) electrons. The number of nitrogens with zero attached hydrogens (tertiary/aromatic N) is 1. The van der Waals surface area contributed by atoms with Gasteiger partial charge in [0, 0.05) is 17.5 Å². The van der Waals surface area contributed by atoms with Crippen molar-refractivity contribution in [3.05, 3.63) is 54.2 Å². The Morgan fingerprint density at radius 3 is 2.42 bits per heavy atom. The Morgan fingerprint density at radius 1 is 1.13 bits per heavy atom. The number of carboxylic acid groups (broad SMARTS) is 1. The highest BCUT2D eigenvalue weighted by atomic mass is 32.2. The van der Waals surface area contributed by atoms with E-state index in [9.17, 15) is 13.2 Å². The van der Waals surface area contributed by atoms with Gasteiger partial charge in [0.15, 0.2) is 0 Å². The molecule has 31 heavy (non-hydrogen) atoms. The Hall–Kier alpha value is -3.37. The maximum atomic E-state index is 12.8. The number of sulfonamides is 1. The summed E-state index contributed by atoms with van der Waals surface area (Å²) in [4.78, 5) is 15.2. The lowest BCUT2D eigenvalue weighted by Crippen LogP contribution is -2.14. The lowest BCUT2D eigenvalue weighted by Gasteiger charge is -2.13. The summed E-state index contributed by atoms with van der Waals surface area (Å²) in [6, 6.07) is 10.9. The molecule has 0 unspecified atom stereocenters. The molecule has 1 aliphatic carbocycles. The molecule has 0 bridgehead atoms. The number of rotatable bonds is 6. The molecule has 0 spiro atoms. The first kappa shape index (κ1) is 22.3. The molecule has 0 aliphatic heterocycles. The fourth-order valence-electron chi connectivity index (χ4n) is 2.62. The highest BCUT2D eigenvalue weighted by molar-refractivity contribution is 7.92. The highest BCUT2D eigenvalue weighted by Gasteiger charge is 2.21. The zero-order valence-corrected chi connectivity index (χ0v) is 17.8. The van der Waals surface area contributed by atoms with Crippen molar-refractivity contribution >= 4 is 32.6 Å². The van der Waals surface area contributed by atoms with Crippen molar-refractivity contribution < 1.29 is 27.8 Å². The molecule has 1 fully saturated rings. The third kappa shape index (κ3) is 5.62. The number of pyridine rings is 1. The van der Waals surface area contributed by atoms with Crippen LogP contribution in [0.3, 0.4) is 0 Å². The molecule has 1 heterocycles. The minimum atomic E-state index is -4.00. The van der Waals surface area contributed by atoms with E-state index in [-0.39, 0.29) is 21.9 Å². The third-order valence-electron chi connectivity index (χ3n) is 4.46. The molecular weight excluding hydrogens is 422 g/mol. The first-order chi connectivity index (χ1) is 14.7. The van der Waals surface area contributed by atoms with Gasteiger partial charge in [-0.1, -0.05) is 0 Å². The normalized spacial score (nSPS) is 13.1. The van der Waals surface area contributed by atoms with Crippen molar-refractivity contribution in [1.29, 1.82) is 0 Å². The number of nitrogens with one attached hydrogen (secondary N) is 1. The van der Waals surface area contributed by atoms with Crippen LogP contribution in [0.4, 0.5) is 5.69 Å². The van der Waals surface area contributed by atoms with Gasteiger partial charge in [0.05, 0.1) is 37.2 Å². The van der Waals surface area contributed by atoms with Crippen LogP contribution in [-0.2, 0) is 10.0 Å². The second kappa shape index (κ2) is 9.19. The van der Waals surface area contributed by atoms with Crippen LogP contribution >= 0.6 is 0 Å². The molecule has 1 aliphatic rings. The number of ether oxygens (including phenoxy) is 2. The summed E-state index contributed by atoms with van der Waals surface area (Å²) >= 11 is 0. The first-order valence-corrected chi connectivity index (χ1v) is 10.9. The first-order valence-electron chi connectivity index (χ1n) is 9.37. The molecule has 4 rings (SSSR count). The van der Waals surface area contributed by atoms with Gasteiger partial charge >= 0.3 is 5.97 Å². The quantitative estimate of drug-likeness (QED) is 0.526. The number of methoxy groups -OCH3 is 2. The lowest BCUT2D eigenvalue weighted by molar-refractivity contribution is 0.0697. The van der Waals surface area contributed by atoms with Gasteiger partial charge in [-0.3, -0.25) is 9.71 Å². The zero-order valence-electron chi connectivity index (χ0n) is 17.0. The number of benzene rings is 2. The number of carboxylic acids is 1. The lowest BCUT2D eigenvalue weighted by atomic mass is 10.1.